The van der Waals surface area contributed by atoms with Gasteiger partial charge in [-0.1, -0.05) is 17.7 Å². The first-order valence-corrected chi connectivity index (χ1v) is 7.85. The van der Waals surface area contributed by atoms with Gasteiger partial charge in [0, 0.05) is 12.6 Å². The summed E-state index contributed by atoms with van der Waals surface area (Å²) >= 11 is 0. The quantitative estimate of drug-likeness (QED) is 0.705. The van der Waals surface area contributed by atoms with Gasteiger partial charge in [0.05, 0.1) is 13.2 Å². The average Bonchev–Trinajstić information content (AvgIpc) is 3.31. The second kappa shape index (κ2) is 8.15. The topological polar surface area (TPSA) is 59.0 Å². The fourth-order valence-electron chi connectivity index (χ4n) is 2.31. The lowest BCUT2D eigenvalue weighted by Crippen LogP contribution is -2.40. The van der Waals surface area contributed by atoms with Gasteiger partial charge >= 0.3 is 5.97 Å². The molecule has 0 aromatic heterocycles. The van der Waals surface area contributed by atoms with Gasteiger partial charge in [-0.3, -0.25) is 9.69 Å². The Morgan fingerprint density at radius 3 is 2.64 bits per heavy atom. The molecule has 0 heterocycles. The van der Waals surface area contributed by atoms with Gasteiger partial charge in [0.25, 0.3) is 0 Å². The van der Waals surface area contributed by atoms with Crippen LogP contribution in [0.1, 0.15) is 25.3 Å². The summed E-state index contributed by atoms with van der Waals surface area (Å²) in [6.07, 6.45) is 1.52. The Morgan fingerprint density at radius 2 is 2.05 bits per heavy atom. The minimum Gasteiger partial charge on any atom is -0.491 e. The Labute approximate surface area is 131 Å². The maximum absolute atomic E-state index is 11.6. The third-order valence-electron chi connectivity index (χ3n) is 3.61. The predicted octanol–water partition coefficient (Wildman–Crippen LogP) is 1.76. The molecular weight excluding hydrogens is 282 g/mol. The Kier molecular flexibility index (Phi) is 6.21. The summed E-state index contributed by atoms with van der Waals surface area (Å²) in [5.74, 6) is 0.508. The van der Waals surface area contributed by atoms with Gasteiger partial charge < -0.3 is 14.6 Å². The minimum absolute atomic E-state index is 0.217. The summed E-state index contributed by atoms with van der Waals surface area (Å²) in [7, 11) is 0. The van der Waals surface area contributed by atoms with E-state index in [1.807, 2.05) is 36.1 Å². The first-order chi connectivity index (χ1) is 10.6. The van der Waals surface area contributed by atoms with Crippen molar-refractivity contribution in [2.24, 2.45) is 0 Å². The molecule has 1 saturated carbocycles. The Morgan fingerprint density at radius 1 is 1.36 bits per heavy atom. The maximum Gasteiger partial charge on any atom is 0.320 e. The molecule has 0 spiro atoms. The molecule has 1 N–H and O–H groups in total. The van der Waals surface area contributed by atoms with E-state index in [0.717, 1.165) is 18.6 Å². The number of benzene rings is 1. The molecule has 22 heavy (non-hydrogen) atoms. The van der Waals surface area contributed by atoms with Crippen molar-refractivity contribution >= 4 is 5.97 Å². The van der Waals surface area contributed by atoms with Crippen molar-refractivity contribution in [2.45, 2.75) is 38.8 Å². The molecule has 0 saturated heterocycles. The molecule has 5 heteroatoms. The number of esters is 1. The van der Waals surface area contributed by atoms with E-state index in [4.69, 9.17) is 9.47 Å². The zero-order valence-corrected chi connectivity index (χ0v) is 13.3. The molecular formula is C17H25NO4. The highest BCUT2D eigenvalue weighted by atomic mass is 16.5. The van der Waals surface area contributed by atoms with Gasteiger partial charge in [0.15, 0.2) is 0 Å². The van der Waals surface area contributed by atoms with Crippen LogP contribution in [0.3, 0.4) is 0 Å². The van der Waals surface area contributed by atoms with Crippen LogP contribution in [0.4, 0.5) is 0 Å². The van der Waals surface area contributed by atoms with E-state index >= 15 is 0 Å². The summed E-state index contributed by atoms with van der Waals surface area (Å²) in [5, 5.41) is 10.1. The van der Waals surface area contributed by atoms with E-state index < -0.39 is 6.10 Å². The molecule has 1 aliphatic rings. The number of rotatable bonds is 9. The van der Waals surface area contributed by atoms with Crippen molar-refractivity contribution in [3.8, 4) is 5.75 Å². The third-order valence-corrected chi connectivity index (χ3v) is 3.61. The van der Waals surface area contributed by atoms with Crippen LogP contribution in [0.5, 0.6) is 5.75 Å². The van der Waals surface area contributed by atoms with Gasteiger partial charge in [0.1, 0.15) is 18.5 Å². The van der Waals surface area contributed by atoms with Gasteiger partial charge in [-0.2, -0.15) is 0 Å². The van der Waals surface area contributed by atoms with Crippen LogP contribution < -0.4 is 4.74 Å². The normalized spacial score (nSPS) is 15.6. The summed E-state index contributed by atoms with van der Waals surface area (Å²) in [4.78, 5) is 13.6. The zero-order chi connectivity index (χ0) is 15.9. The van der Waals surface area contributed by atoms with Crippen LogP contribution >= 0.6 is 0 Å². The molecule has 1 aromatic carbocycles. The standard InChI is InChI=1S/C17H25NO4/c1-3-21-17(20)11-18(14-6-7-14)10-15(19)12-22-16-8-4-13(2)5-9-16/h4-5,8-9,14-15,19H,3,6-7,10-12H2,1-2H3. The second-order valence-corrected chi connectivity index (χ2v) is 5.74. The Balaban J connectivity index is 1.76. The molecule has 1 unspecified atom stereocenters. The fourth-order valence-corrected chi connectivity index (χ4v) is 2.31. The van der Waals surface area contributed by atoms with Gasteiger partial charge in [-0.25, -0.2) is 0 Å². The summed E-state index contributed by atoms with van der Waals surface area (Å²) in [6.45, 7) is 5.08. The van der Waals surface area contributed by atoms with Crippen LogP contribution in [0.15, 0.2) is 24.3 Å². The van der Waals surface area contributed by atoms with E-state index in [9.17, 15) is 9.90 Å². The van der Waals surface area contributed by atoms with Gasteiger partial charge in [-0.05, 0) is 38.8 Å². The minimum atomic E-state index is -0.628. The van der Waals surface area contributed by atoms with E-state index in [1.54, 1.807) is 6.92 Å². The molecule has 122 valence electrons. The van der Waals surface area contributed by atoms with E-state index in [-0.39, 0.29) is 19.1 Å². The second-order valence-electron chi connectivity index (χ2n) is 5.74. The number of aryl methyl sites for hydroxylation is 1. The molecule has 1 aliphatic carbocycles. The predicted molar refractivity (Wildman–Crippen MR) is 83.9 cm³/mol. The van der Waals surface area contributed by atoms with Crippen molar-refractivity contribution in [1.29, 1.82) is 0 Å². The Hall–Kier alpha value is -1.59. The maximum atomic E-state index is 11.6. The number of carbonyl (C=O) groups is 1. The molecule has 0 aliphatic heterocycles. The van der Waals surface area contributed by atoms with Crippen LogP contribution in [0, 0.1) is 6.92 Å². The highest BCUT2D eigenvalue weighted by Crippen LogP contribution is 2.26. The number of nitrogens with zero attached hydrogens (tertiary/aromatic N) is 1. The van der Waals surface area contributed by atoms with Crippen molar-refractivity contribution in [3.05, 3.63) is 29.8 Å². The molecule has 5 nitrogen and oxygen atoms in total. The molecule has 1 atom stereocenters. The summed E-state index contributed by atoms with van der Waals surface area (Å²) in [5.41, 5.74) is 1.17. The van der Waals surface area contributed by atoms with E-state index in [1.165, 1.54) is 5.56 Å². The number of aliphatic hydroxyl groups excluding tert-OH is 1. The molecule has 0 amide bonds. The highest BCUT2D eigenvalue weighted by Gasteiger charge is 2.31. The van der Waals surface area contributed by atoms with Gasteiger partial charge in [-0.15, -0.1) is 0 Å². The van der Waals surface area contributed by atoms with Gasteiger partial charge in [0.2, 0.25) is 0 Å². The number of hydrogen-bond acceptors (Lipinski definition) is 5. The largest absolute Gasteiger partial charge is 0.491 e. The molecule has 1 fully saturated rings. The summed E-state index contributed by atoms with van der Waals surface area (Å²) < 4.78 is 10.6. The van der Waals surface area contributed by atoms with Crippen molar-refractivity contribution in [1.82, 2.24) is 4.90 Å². The summed E-state index contributed by atoms with van der Waals surface area (Å²) in [6, 6.07) is 8.11. The van der Waals surface area contributed by atoms with Crippen molar-refractivity contribution in [3.63, 3.8) is 0 Å². The first-order valence-electron chi connectivity index (χ1n) is 7.85. The van der Waals surface area contributed by atoms with Crippen molar-refractivity contribution < 1.29 is 19.4 Å². The van der Waals surface area contributed by atoms with Crippen LogP contribution in [-0.4, -0.2) is 54.4 Å². The van der Waals surface area contributed by atoms with Crippen molar-refractivity contribution in [2.75, 3.05) is 26.3 Å². The zero-order valence-electron chi connectivity index (χ0n) is 13.3. The molecule has 0 bridgehead atoms. The molecule has 0 radical (unpaired) electrons. The smallest absolute Gasteiger partial charge is 0.320 e. The molecule has 2 rings (SSSR count). The lowest BCUT2D eigenvalue weighted by Gasteiger charge is -2.24. The lowest BCUT2D eigenvalue weighted by atomic mass is 10.2. The average molecular weight is 307 g/mol. The number of ether oxygens (including phenoxy) is 2. The highest BCUT2D eigenvalue weighted by molar-refractivity contribution is 5.71. The van der Waals surface area contributed by atoms with E-state index in [2.05, 4.69) is 0 Å². The first kappa shape index (κ1) is 16.8. The monoisotopic (exact) mass is 307 g/mol. The number of carbonyl (C=O) groups excluding carboxylic acids is 1. The van der Waals surface area contributed by atoms with Crippen LogP contribution in [0.25, 0.3) is 0 Å². The number of hydrogen-bond donors (Lipinski definition) is 1. The van der Waals surface area contributed by atoms with Crippen LogP contribution in [0.2, 0.25) is 0 Å². The third kappa shape index (κ3) is 5.66. The Bertz CT molecular complexity index is 470. The van der Waals surface area contributed by atoms with Crippen LogP contribution in [-0.2, 0) is 9.53 Å². The SMILES string of the molecule is CCOC(=O)CN(CC(O)COc1ccc(C)cc1)C1CC1. The lowest BCUT2D eigenvalue weighted by molar-refractivity contribution is -0.145. The van der Waals surface area contributed by atoms with E-state index in [0.29, 0.717) is 19.2 Å². The fraction of sp³-hybridized carbons (Fsp3) is 0.588. The number of aliphatic hydroxyl groups is 1. The molecule has 1 aromatic rings.